The van der Waals surface area contributed by atoms with E-state index >= 15 is 0 Å². The summed E-state index contributed by atoms with van der Waals surface area (Å²) in [7, 11) is 1.74. The molecule has 1 aliphatic rings. The van der Waals surface area contributed by atoms with Crippen LogP contribution in [0.15, 0.2) is 48.9 Å². The molecule has 0 spiro atoms. The number of benzene rings is 1. The van der Waals surface area contributed by atoms with E-state index in [1.165, 1.54) is 0 Å². The van der Waals surface area contributed by atoms with E-state index in [4.69, 9.17) is 5.73 Å². The van der Waals surface area contributed by atoms with Crippen LogP contribution in [0.4, 0.5) is 0 Å². The lowest BCUT2D eigenvalue weighted by Gasteiger charge is -2.29. The molecule has 0 aliphatic carbocycles. The van der Waals surface area contributed by atoms with Gasteiger partial charge >= 0.3 is 0 Å². The zero-order chi connectivity index (χ0) is 21.3. The minimum absolute atomic E-state index is 0.000423. The van der Waals surface area contributed by atoms with Crippen molar-refractivity contribution in [3.8, 4) is 5.82 Å². The predicted octanol–water partition coefficient (Wildman–Crippen LogP) is 1.89. The van der Waals surface area contributed by atoms with E-state index in [-0.39, 0.29) is 18.5 Å². The van der Waals surface area contributed by atoms with Crippen molar-refractivity contribution in [2.24, 2.45) is 5.73 Å². The van der Waals surface area contributed by atoms with Gasteiger partial charge in [-0.2, -0.15) is 0 Å². The number of pyridine rings is 1. The van der Waals surface area contributed by atoms with E-state index in [1.54, 1.807) is 31.4 Å². The van der Waals surface area contributed by atoms with E-state index in [0.717, 1.165) is 35.3 Å². The van der Waals surface area contributed by atoms with Crippen molar-refractivity contribution in [2.75, 3.05) is 20.1 Å². The Morgan fingerprint density at radius 1 is 1.27 bits per heavy atom. The van der Waals surface area contributed by atoms with Crippen molar-refractivity contribution in [1.29, 1.82) is 0 Å². The zero-order valence-electron chi connectivity index (χ0n) is 17.2. The molecular weight excluding hydrogens is 380 g/mol. The lowest BCUT2D eigenvalue weighted by atomic mass is 10.1. The lowest BCUT2D eigenvalue weighted by Crippen LogP contribution is -2.46. The summed E-state index contributed by atoms with van der Waals surface area (Å²) in [6.07, 6.45) is 5.39. The number of primary amides is 1. The van der Waals surface area contributed by atoms with Crippen LogP contribution in [0.25, 0.3) is 16.9 Å². The van der Waals surface area contributed by atoms with Crippen LogP contribution in [0, 0.1) is 0 Å². The molecule has 3 aromatic rings. The molecule has 0 bridgehead atoms. The monoisotopic (exact) mass is 406 g/mol. The molecule has 4 rings (SSSR count). The number of aromatic nitrogens is 3. The Morgan fingerprint density at radius 3 is 2.87 bits per heavy atom. The highest BCUT2D eigenvalue weighted by atomic mass is 16.2. The molecule has 1 fully saturated rings. The van der Waals surface area contributed by atoms with Crippen LogP contribution in [0.3, 0.4) is 0 Å². The maximum Gasteiger partial charge on any atom is 0.237 e. The maximum absolute atomic E-state index is 13.0. The van der Waals surface area contributed by atoms with Crippen LogP contribution >= 0.6 is 0 Å². The van der Waals surface area contributed by atoms with Gasteiger partial charge < -0.3 is 10.6 Å². The first-order valence-corrected chi connectivity index (χ1v) is 10.1. The van der Waals surface area contributed by atoms with E-state index in [2.05, 4.69) is 9.97 Å². The van der Waals surface area contributed by atoms with E-state index in [1.807, 2.05) is 45.9 Å². The number of rotatable bonds is 6. The standard InChI is InChI=1S/C22H26N6O2/c1-15(22(23)30)26(2)13-21(29)27-11-5-8-18(27)16-9-10-24-20(12-16)28-14-25-17-6-3-4-7-19(17)28/h3-4,6-7,9-10,12,14-15,18H,5,8,11,13H2,1-2H3,(H2,23,30)/t15-,18-/m0/s1. The molecule has 1 aromatic carbocycles. The number of para-hydroxylation sites is 2. The highest BCUT2D eigenvalue weighted by Crippen LogP contribution is 2.33. The minimum atomic E-state index is -0.489. The molecule has 1 aliphatic heterocycles. The van der Waals surface area contributed by atoms with Gasteiger partial charge in [-0.05, 0) is 56.6 Å². The summed E-state index contributed by atoms with van der Waals surface area (Å²) in [5.74, 6) is 0.342. The van der Waals surface area contributed by atoms with Gasteiger partial charge in [-0.1, -0.05) is 12.1 Å². The summed E-state index contributed by atoms with van der Waals surface area (Å²) < 4.78 is 1.96. The van der Waals surface area contributed by atoms with E-state index in [0.29, 0.717) is 6.54 Å². The van der Waals surface area contributed by atoms with Crippen LogP contribution in [-0.2, 0) is 9.59 Å². The largest absolute Gasteiger partial charge is 0.368 e. The van der Waals surface area contributed by atoms with Crippen molar-refractivity contribution in [1.82, 2.24) is 24.3 Å². The van der Waals surface area contributed by atoms with Gasteiger partial charge in [-0.3, -0.25) is 19.1 Å². The Bertz CT molecular complexity index is 1080. The summed E-state index contributed by atoms with van der Waals surface area (Å²) in [4.78, 5) is 36.9. The fourth-order valence-corrected chi connectivity index (χ4v) is 3.99. The van der Waals surface area contributed by atoms with Gasteiger partial charge in [-0.25, -0.2) is 9.97 Å². The fraction of sp³-hybridized carbons (Fsp3) is 0.364. The van der Waals surface area contributed by atoms with Gasteiger partial charge in [0.1, 0.15) is 12.1 Å². The molecule has 156 valence electrons. The molecule has 3 heterocycles. The number of hydrogen-bond acceptors (Lipinski definition) is 5. The third-order valence-electron chi connectivity index (χ3n) is 5.89. The Morgan fingerprint density at radius 2 is 2.07 bits per heavy atom. The van der Waals surface area contributed by atoms with Crippen molar-refractivity contribution < 1.29 is 9.59 Å². The number of carbonyl (C=O) groups is 2. The molecule has 8 nitrogen and oxygen atoms in total. The number of nitrogens with zero attached hydrogens (tertiary/aromatic N) is 5. The van der Waals surface area contributed by atoms with E-state index < -0.39 is 11.9 Å². The second-order valence-corrected chi connectivity index (χ2v) is 7.79. The molecule has 2 aromatic heterocycles. The van der Waals surface area contributed by atoms with Crippen LogP contribution in [0.2, 0.25) is 0 Å². The zero-order valence-corrected chi connectivity index (χ0v) is 17.2. The normalized spacial score (nSPS) is 17.6. The lowest BCUT2D eigenvalue weighted by molar-refractivity contribution is -0.134. The number of amides is 2. The van der Waals surface area contributed by atoms with Crippen molar-refractivity contribution in [2.45, 2.75) is 31.8 Å². The molecule has 30 heavy (non-hydrogen) atoms. The summed E-state index contributed by atoms with van der Waals surface area (Å²) in [5, 5.41) is 0. The first-order chi connectivity index (χ1) is 14.5. The maximum atomic E-state index is 13.0. The molecule has 0 saturated carbocycles. The minimum Gasteiger partial charge on any atom is -0.368 e. The van der Waals surface area contributed by atoms with Crippen LogP contribution < -0.4 is 5.73 Å². The quantitative estimate of drug-likeness (QED) is 0.674. The highest BCUT2D eigenvalue weighted by molar-refractivity contribution is 5.82. The average Bonchev–Trinajstić information content (AvgIpc) is 3.40. The summed E-state index contributed by atoms with van der Waals surface area (Å²) in [6.45, 7) is 2.57. The number of fused-ring (bicyclic) bond motifs is 1. The number of hydrogen-bond donors (Lipinski definition) is 1. The number of carbonyl (C=O) groups excluding carboxylic acids is 2. The first-order valence-electron chi connectivity index (χ1n) is 10.1. The first kappa shape index (κ1) is 20.0. The number of nitrogens with two attached hydrogens (primary N) is 1. The highest BCUT2D eigenvalue weighted by Gasteiger charge is 2.31. The van der Waals surface area contributed by atoms with Crippen molar-refractivity contribution >= 4 is 22.8 Å². The molecule has 0 unspecified atom stereocenters. The smallest absolute Gasteiger partial charge is 0.237 e. The van der Waals surface area contributed by atoms with Crippen molar-refractivity contribution in [3.63, 3.8) is 0 Å². The fourth-order valence-electron chi connectivity index (χ4n) is 3.99. The molecule has 2 amide bonds. The third-order valence-corrected chi connectivity index (χ3v) is 5.89. The van der Waals surface area contributed by atoms with Gasteiger partial charge in [0.05, 0.1) is 29.7 Å². The third kappa shape index (κ3) is 3.78. The van der Waals surface area contributed by atoms with Crippen LogP contribution in [-0.4, -0.2) is 62.3 Å². The molecule has 8 heteroatoms. The van der Waals surface area contributed by atoms with Gasteiger partial charge in [0.15, 0.2) is 0 Å². The topological polar surface area (TPSA) is 97.4 Å². The number of imidazole rings is 1. The number of likely N-dealkylation sites (N-methyl/N-ethyl adjacent to an activating group) is 1. The van der Waals surface area contributed by atoms with Gasteiger partial charge in [0, 0.05) is 12.7 Å². The molecule has 1 saturated heterocycles. The Balaban J connectivity index is 1.57. The van der Waals surface area contributed by atoms with Gasteiger partial charge in [-0.15, -0.1) is 0 Å². The summed E-state index contributed by atoms with van der Waals surface area (Å²) >= 11 is 0. The van der Waals surface area contributed by atoms with E-state index in [9.17, 15) is 9.59 Å². The number of likely N-dealkylation sites (tertiary alicyclic amines) is 1. The van der Waals surface area contributed by atoms with Gasteiger partial charge in [0.2, 0.25) is 11.8 Å². The Kier molecular flexibility index (Phi) is 5.50. The molecular formula is C22H26N6O2. The Labute approximate surface area is 175 Å². The molecule has 2 N–H and O–H groups in total. The molecule has 2 atom stereocenters. The molecule has 0 radical (unpaired) electrons. The predicted molar refractivity (Wildman–Crippen MR) is 114 cm³/mol. The van der Waals surface area contributed by atoms with Crippen LogP contribution in [0.1, 0.15) is 31.4 Å². The second-order valence-electron chi connectivity index (χ2n) is 7.79. The average molecular weight is 406 g/mol. The Hall–Kier alpha value is -3.26. The summed E-state index contributed by atoms with van der Waals surface area (Å²) in [6, 6.07) is 11.4. The van der Waals surface area contributed by atoms with Crippen LogP contribution in [0.5, 0.6) is 0 Å². The summed E-state index contributed by atoms with van der Waals surface area (Å²) in [5.41, 5.74) is 8.32. The SMILES string of the molecule is C[C@@H](C(N)=O)N(C)CC(=O)N1CCC[C@H]1c1ccnc(-n2cnc3ccccc32)c1. The van der Waals surface area contributed by atoms with Crippen molar-refractivity contribution in [3.05, 3.63) is 54.5 Å². The second kappa shape index (κ2) is 8.23. The van der Waals surface area contributed by atoms with Gasteiger partial charge in [0.25, 0.3) is 0 Å².